The zero-order chi connectivity index (χ0) is 22.1. The summed E-state index contributed by atoms with van der Waals surface area (Å²) in [5.74, 6) is -0.479. The normalized spacial score (nSPS) is 12.2. The van der Waals surface area contributed by atoms with E-state index in [1.165, 1.54) is 11.3 Å². The summed E-state index contributed by atoms with van der Waals surface area (Å²) in [5.41, 5.74) is -3.89. The van der Waals surface area contributed by atoms with E-state index in [9.17, 15) is 30.8 Å². The van der Waals surface area contributed by atoms with E-state index in [-0.39, 0.29) is 6.42 Å². The molecule has 0 saturated heterocycles. The first-order valence-electron chi connectivity index (χ1n) is 8.19. The van der Waals surface area contributed by atoms with Gasteiger partial charge in [-0.2, -0.15) is 13.2 Å². The standard InChI is InChI=1S/C17H13F4N3O3S3/c1-9-15(29-14(7-18)22-9)12-8-28-16(23-12)24-13(25)6-10-2-4-11(5-3-10)30(26,27)17(19,20)21/h2-5,8H,6-7H2,1H3,(H,23,24,25). The number of aryl methyl sites for hydroxylation is 1. The van der Waals surface area contributed by atoms with Crippen LogP contribution in [0.25, 0.3) is 10.6 Å². The highest BCUT2D eigenvalue weighted by Gasteiger charge is 2.46. The third-order valence-electron chi connectivity index (χ3n) is 3.84. The number of aromatic nitrogens is 2. The summed E-state index contributed by atoms with van der Waals surface area (Å²) < 4.78 is 73.2. The predicted molar refractivity (Wildman–Crippen MR) is 105 cm³/mol. The maximum atomic E-state index is 12.8. The number of anilines is 1. The molecule has 0 atom stereocenters. The summed E-state index contributed by atoms with van der Waals surface area (Å²) in [4.78, 5) is 20.3. The van der Waals surface area contributed by atoms with Crippen molar-refractivity contribution in [2.75, 3.05) is 5.32 Å². The molecule has 1 N–H and O–H groups in total. The largest absolute Gasteiger partial charge is 0.501 e. The van der Waals surface area contributed by atoms with Gasteiger partial charge in [0.25, 0.3) is 9.84 Å². The molecule has 0 fully saturated rings. The van der Waals surface area contributed by atoms with Gasteiger partial charge in [-0.3, -0.25) is 4.79 Å². The number of hydrogen-bond acceptors (Lipinski definition) is 7. The number of carbonyl (C=O) groups excluding carboxylic acids is 1. The molecule has 1 aromatic carbocycles. The van der Waals surface area contributed by atoms with Crippen molar-refractivity contribution in [3.63, 3.8) is 0 Å². The van der Waals surface area contributed by atoms with Crippen LogP contribution in [-0.4, -0.2) is 29.8 Å². The molecule has 2 heterocycles. The smallest absolute Gasteiger partial charge is 0.302 e. The lowest BCUT2D eigenvalue weighted by molar-refractivity contribution is -0.115. The van der Waals surface area contributed by atoms with Gasteiger partial charge in [-0.15, -0.1) is 22.7 Å². The minimum Gasteiger partial charge on any atom is -0.302 e. The molecule has 0 saturated carbocycles. The molecule has 3 rings (SSSR count). The summed E-state index contributed by atoms with van der Waals surface area (Å²) >= 11 is 2.32. The van der Waals surface area contributed by atoms with E-state index in [2.05, 4.69) is 15.3 Å². The summed E-state index contributed by atoms with van der Waals surface area (Å²) in [6.07, 6.45) is -0.188. The van der Waals surface area contributed by atoms with Gasteiger partial charge in [0.05, 0.1) is 27.6 Å². The van der Waals surface area contributed by atoms with Crippen molar-refractivity contribution >= 4 is 43.5 Å². The number of sulfone groups is 1. The van der Waals surface area contributed by atoms with Crippen molar-refractivity contribution in [3.8, 4) is 10.6 Å². The highest BCUT2D eigenvalue weighted by atomic mass is 32.2. The zero-order valence-corrected chi connectivity index (χ0v) is 17.6. The molecule has 0 bridgehead atoms. The number of rotatable bonds is 6. The van der Waals surface area contributed by atoms with Crippen LogP contribution >= 0.6 is 22.7 Å². The van der Waals surface area contributed by atoms with Crippen LogP contribution in [0.5, 0.6) is 0 Å². The molecular weight excluding hydrogens is 466 g/mol. The maximum Gasteiger partial charge on any atom is 0.501 e. The third-order valence-corrected chi connectivity index (χ3v) is 7.25. The predicted octanol–water partition coefficient (Wildman–Crippen LogP) is 4.52. The van der Waals surface area contributed by atoms with Gasteiger partial charge < -0.3 is 5.32 Å². The lowest BCUT2D eigenvalue weighted by Gasteiger charge is -2.08. The summed E-state index contributed by atoms with van der Waals surface area (Å²) in [6.45, 7) is 1.05. The van der Waals surface area contributed by atoms with Gasteiger partial charge in [0.15, 0.2) is 5.13 Å². The number of halogens is 4. The van der Waals surface area contributed by atoms with E-state index >= 15 is 0 Å². The quantitative estimate of drug-likeness (QED) is 0.525. The van der Waals surface area contributed by atoms with Crippen LogP contribution in [0.2, 0.25) is 0 Å². The molecule has 0 aliphatic rings. The topological polar surface area (TPSA) is 89.0 Å². The average Bonchev–Trinajstić information content (AvgIpc) is 3.27. The second-order valence-electron chi connectivity index (χ2n) is 6.01. The van der Waals surface area contributed by atoms with Crippen LogP contribution in [0.1, 0.15) is 16.3 Å². The van der Waals surface area contributed by atoms with E-state index < -0.39 is 32.8 Å². The fourth-order valence-electron chi connectivity index (χ4n) is 2.45. The van der Waals surface area contributed by atoms with Gasteiger partial charge >= 0.3 is 5.51 Å². The average molecular weight is 480 g/mol. The van der Waals surface area contributed by atoms with Gasteiger partial charge in [0.2, 0.25) is 5.91 Å². The van der Waals surface area contributed by atoms with E-state index in [1.807, 2.05) is 0 Å². The Balaban J connectivity index is 1.66. The number of nitrogens with zero attached hydrogens (tertiary/aromatic N) is 2. The van der Waals surface area contributed by atoms with Crippen LogP contribution in [-0.2, 0) is 27.7 Å². The zero-order valence-electron chi connectivity index (χ0n) is 15.2. The Kier molecular flexibility index (Phi) is 6.24. The third kappa shape index (κ3) is 4.68. The van der Waals surface area contributed by atoms with Crippen LogP contribution in [0.15, 0.2) is 34.5 Å². The lowest BCUT2D eigenvalue weighted by Crippen LogP contribution is -2.23. The molecule has 6 nitrogen and oxygen atoms in total. The number of carbonyl (C=O) groups is 1. The van der Waals surface area contributed by atoms with Gasteiger partial charge in [-0.05, 0) is 24.6 Å². The Morgan fingerprint density at radius 1 is 1.17 bits per heavy atom. The van der Waals surface area contributed by atoms with Crippen molar-refractivity contribution in [1.82, 2.24) is 9.97 Å². The van der Waals surface area contributed by atoms with Crippen LogP contribution in [0.3, 0.4) is 0 Å². The fraction of sp³-hybridized carbons (Fsp3) is 0.235. The Labute approximate surface area is 176 Å². The van der Waals surface area contributed by atoms with Crippen molar-refractivity contribution in [2.24, 2.45) is 0 Å². The minimum absolute atomic E-state index is 0.188. The molecule has 1 amide bonds. The molecular formula is C17H13F4N3O3S3. The second kappa shape index (κ2) is 8.40. The SMILES string of the molecule is Cc1nc(CF)sc1-c1csc(NC(=O)Cc2ccc(S(=O)(=O)C(F)(F)F)cc2)n1. The molecule has 0 unspecified atom stereocenters. The van der Waals surface area contributed by atoms with Crippen molar-refractivity contribution in [2.45, 2.75) is 30.4 Å². The fourth-order valence-corrected chi connectivity index (χ4v) is 4.88. The molecule has 0 spiro atoms. The molecule has 0 radical (unpaired) electrons. The molecule has 0 aliphatic heterocycles. The summed E-state index contributed by atoms with van der Waals surface area (Å²) in [7, 11) is -5.43. The van der Waals surface area contributed by atoms with E-state index in [1.54, 1.807) is 12.3 Å². The van der Waals surface area contributed by atoms with E-state index in [4.69, 9.17) is 0 Å². The minimum atomic E-state index is -5.43. The number of thiazole rings is 2. The number of nitrogens with one attached hydrogen (secondary N) is 1. The van der Waals surface area contributed by atoms with Crippen molar-refractivity contribution in [3.05, 3.63) is 45.9 Å². The highest BCUT2D eigenvalue weighted by molar-refractivity contribution is 7.92. The van der Waals surface area contributed by atoms with E-state index in [0.717, 1.165) is 35.6 Å². The summed E-state index contributed by atoms with van der Waals surface area (Å²) in [6, 6.07) is 3.90. The first-order valence-corrected chi connectivity index (χ1v) is 11.4. The Bertz CT molecular complexity index is 1170. The molecule has 3 aromatic rings. The first kappa shape index (κ1) is 22.3. The monoisotopic (exact) mass is 479 g/mol. The molecule has 30 heavy (non-hydrogen) atoms. The second-order valence-corrected chi connectivity index (χ2v) is 9.89. The Hall–Kier alpha value is -2.38. The van der Waals surface area contributed by atoms with Gasteiger partial charge in [-0.1, -0.05) is 12.1 Å². The number of hydrogen-bond donors (Lipinski definition) is 1. The molecule has 2 aromatic heterocycles. The van der Waals surface area contributed by atoms with E-state index in [0.29, 0.717) is 32.0 Å². The molecule has 0 aliphatic carbocycles. The maximum absolute atomic E-state index is 12.8. The Morgan fingerprint density at radius 3 is 2.40 bits per heavy atom. The molecule has 160 valence electrons. The van der Waals surface area contributed by atoms with Crippen LogP contribution < -0.4 is 5.32 Å². The van der Waals surface area contributed by atoms with Crippen LogP contribution in [0, 0.1) is 6.92 Å². The van der Waals surface area contributed by atoms with Gasteiger partial charge in [0.1, 0.15) is 11.7 Å². The molecule has 13 heteroatoms. The van der Waals surface area contributed by atoms with Crippen LogP contribution in [0.4, 0.5) is 22.7 Å². The first-order chi connectivity index (χ1) is 14.0. The van der Waals surface area contributed by atoms with Gasteiger partial charge in [-0.25, -0.2) is 22.8 Å². The highest BCUT2D eigenvalue weighted by Crippen LogP contribution is 2.33. The lowest BCUT2D eigenvalue weighted by atomic mass is 10.1. The van der Waals surface area contributed by atoms with Gasteiger partial charge in [0, 0.05) is 5.38 Å². The number of alkyl halides is 4. The summed E-state index contributed by atoms with van der Waals surface area (Å²) in [5, 5.41) is 4.88. The van der Waals surface area contributed by atoms with Crippen molar-refractivity contribution < 1.29 is 30.8 Å². The van der Waals surface area contributed by atoms with Crippen molar-refractivity contribution in [1.29, 1.82) is 0 Å². The Morgan fingerprint density at radius 2 is 1.83 bits per heavy atom. The number of benzene rings is 1. The number of amides is 1.